The van der Waals surface area contributed by atoms with Crippen molar-refractivity contribution in [2.45, 2.75) is 52.7 Å². The number of nitrogens with zero attached hydrogens (tertiary/aromatic N) is 2. The number of aldehydes is 1. The maximum Gasteiger partial charge on any atom is 0.342 e. The van der Waals surface area contributed by atoms with Gasteiger partial charge in [0.1, 0.15) is 6.16 Å². The number of aromatic nitrogens is 1. The van der Waals surface area contributed by atoms with Crippen LogP contribution >= 0.6 is 7.87 Å². The molecule has 0 aliphatic heterocycles. The minimum absolute atomic E-state index is 0.0856. The van der Waals surface area contributed by atoms with Crippen LogP contribution in [0.4, 0.5) is 0 Å². The molecule has 0 amide bonds. The van der Waals surface area contributed by atoms with E-state index in [1.807, 2.05) is 67.4 Å². The van der Waals surface area contributed by atoms with Gasteiger partial charge in [-0.3, -0.25) is 4.79 Å². The van der Waals surface area contributed by atoms with E-state index in [0.29, 0.717) is 24.7 Å². The van der Waals surface area contributed by atoms with Gasteiger partial charge >= 0.3 is 7.87 Å². The second kappa shape index (κ2) is 7.75. The molecule has 0 spiro atoms. The first kappa shape index (κ1) is 19.1. The Bertz CT molecular complexity index is 687. The van der Waals surface area contributed by atoms with Crippen molar-refractivity contribution in [2.24, 2.45) is 0 Å². The summed E-state index contributed by atoms with van der Waals surface area (Å²) in [6.07, 6.45) is 3.71. The molecular formula is C18H28N2O3P+. The molecule has 0 fully saturated rings. The first-order valence-electron chi connectivity index (χ1n) is 8.43. The zero-order chi connectivity index (χ0) is 17.9. The molecule has 0 saturated heterocycles. The van der Waals surface area contributed by atoms with Gasteiger partial charge in [0, 0.05) is 47.7 Å². The number of hydrogen-bond acceptors (Lipinski definition) is 4. The molecular weight excluding hydrogens is 323 g/mol. The van der Waals surface area contributed by atoms with Crippen LogP contribution in [0.3, 0.4) is 0 Å². The second-order valence-electron chi connectivity index (χ2n) is 6.75. The molecule has 1 aromatic carbocycles. The fraction of sp³-hybridized carbons (Fsp3) is 0.500. The van der Waals surface area contributed by atoms with Gasteiger partial charge in [0.25, 0.3) is 0 Å². The number of fused-ring (bicyclic) bond motifs is 1. The van der Waals surface area contributed by atoms with E-state index in [1.165, 1.54) is 0 Å². The maximum absolute atomic E-state index is 11.2. The van der Waals surface area contributed by atoms with Crippen LogP contribution in [0.1, 0.15) is 44.5 Å². The molecule has 0 unspecified atom stereocenters. The molecule has 0 bridgehead atoms. The second-order valence-corrected chi connectivity index (χ2v) is 9.04. The summed E-state index contributed by atoms with van der Waals surface area (Å²) >= 11 is 0. The number of carbonyl (C=O) groups excluding carboxylic acids is 1. The van der Waals surface area contributed by atoms with Gasteiger partial charge in [-0.15, -0.1) is 4.67 Å². The quantitative estimate of drug-likeness (QED) is 0.562. The Morgan fingerprint density at radius 2 is 1.79 bits per heavy atom. The molecule has 2 aromatic rings. The summed E-state index contributed by atoms with van der Waals surface area (Å²) < 4.78 is 3.84. The van der Waals surface area contributed by atoms with E-state index in [-0.39, 0.29) is 12.1 Å². The Hall–Kier alpha value is -1.26. The largest absolute Gasteiger partial charge is 0.347 e. The summed E-state index contributed by atoms with van der Waals surface area (Å²) in [6.45, 7) is 8.59. The highest BCUT2D eigenvalue weighted by Gasteiger charge is 2.44. The van der Waals surface area contributed by atoms with Gasteiger partial charge < -0.3 is 4.57 Å². The number of rotatable bonds is 8. The normalized spacial score (nSPS) is 12.7. The predicted octanol–water partition coefficient (Wildman–Crippen LogP) is 3.71. The van der Waals surface area contributed by atoms with Crippen molar-refractivity contribution in [2.75, 3.05) is 6.16 Å². The smallest absolute Gasteiger partial charge is 0.342 e. The number of hydrogen-bond donors (Lipinski definition) is 2. The topological polar surface area (TPSA) is 65.7 Å². The lowest BCUT2D eigenvalue weighted by molar-refractivity contribution is 0.112. The SMILES string of the molecule is CC(C)N(C(C)C)[P+](O)(O)CCCn1cc(C=O)c2ccccc21. The van der Waals surface area contributed by atoms with E-state index in [4.69, 9.17) is 0 Å². The van der Waals surface area contributed by atoms with E-state index >= 15 is 0 Å². The zero-order valence-corrected chi connectivity index (χ0v) is 15.8. The summed E-state index contributed by atoms with van der Waals surface area (Å²) in [6, 6.07) is 7.95. The Kier molecular flexibility index (Phi) is 6.16. The van der Waals surface area contributed by atoms with Crippen molar-refractivity contribution >= 4 is 25.1 Å². The summed E-state index contributed by atoms with van der Waals surface area (Å²) in [4.78, 5) is 32.4. The van der Waals surface area contributed by atoms with Gasteiger partial charge in [0.05, 0.1) is 0 Å². The molecule has 1 heterocycles. The number of aryl methyl sites for hydroxylation is 1. The third kappa shape index (κ3) is 4.04. The van der Waals surface area contributed by atoms with E-state index in [1.54, 1.807) is 0 Å². The van der Waals surface area contributed by atoms with E-state index in [2.05, 4.69) is 0 Å². The van der Waals surface area contributed by atoms with E-state index in [9.17, 15) is 14.6 Å². The van der Waals surface area contributed by atoms with Crippen molar-refractivity contribution in [3.05, 3.63) is 36.0 Å². The van der Waals surface area contributed by atoms with E-state index in [0.717, 1.165) is 17.2 Å². The van der Waals surface area contributed by atoms with Crippen LogP contribution in [-0.2, 0) is 6.54 Å². The highest BCUT2D eigenvalue weighted by Crippen LogP contribution is 2.56. The number of carbonyl (C=O) groups is 1. The van der Waals surface area contributed by atoms with Crippen LogP contribution in [0, 0.1) is 0 Å². The van der Waals surface area contributed by atoms with Crippen molar-refractivity contribution in [3.8, 4) is 0 Å². The average Bonchev–Trinajstić information content (AvgIpc) is 2.84. The van der Waals surface area contributed by atoms with Crippen molar-refractivity contribution in [3.63, 3.8) is 0 Å². The Balaban J connectivity index is 2.10. The van der Waals surface area contributed by atoms with Crippen LogP contribution in [0.25, 0.3) is 10.9 Å². The third-order valence-corrected chi connectivity index (χ3v) is 6.81. The standard InChI is InChI=1S/C18H28N2O3P/c1-14(2)20(15(3)4)24(22,23)11-7-10-19-12-16(13-21)17-8-5-6-9-18(17)19/h5-6,8-9,12-15,22-23H,7,10-11H2,1-4H3/q+1. The van der Waals surface area contributed by atoms with Crippen molar-refractivity contribution in [1.29, 1.82) is 0 Å². The molecule has 24 heavy (non-hydrogen) atoms. The first-order valence-corrected chi connectivity index (χ1v) is 10.3. The molecule has 0 aliphatic rings. The van der Waals surface area contributed by atoms with Crippen molar-refractivity contribution < 1.29 is 14.6 Å². The fourth-order valence-corrected chi connectivity index (χ4v) is 5.73. The van der Waals surface area contributed by atoms with Gasteiger partial charge in [-0.05, 0) is 33.8 Å². The Morgan fingerprint density at radius 1 is 1.17 bits per heavy atom. The molecule has 6 heteroatoms. The lowest BCUT2D eigenvalue weighted by Gasteiger charge is -2.32. The number of benzene rings is 1. The summed E-state index contributed by atoms with van der Waals surface area (Å²) in [5, 5.41) is 0.938. The molecule has 0 aliphatic carbocycles. The number of para-hydroxylation sites is 1. The Labute approximate surface area is 144 Å². The van der Waals surface area contributed by atoms with Gasteiger partial charge in [0.2, 0.25) is 0 Å². The molecule has 2 rings (SSSR count). The first-order chi connectivity index (χ1) is 11.3. The van der Waals surface area contributed by atoms with Crippen LogP contribution in [0.2, 0.25) is 0 Å². The predicted molar refractivity (Wildman–Crippen MR) is 100 cm³/mol. The van der Waals surface area contributed by atoms with Crippen LogP contribution in [0.15, 0.2) is 30.5 Å². The lowest BCUT2D eigenvalue weighted by Crippen LogP contribution is -2.37. The van der Waals surface area contributed by atoms with Crippen molar-refractivity contribution in [1.82, 2.24) is 9.24 Å². The molecule has 0 atom stereocenters. The van der Waals surface area contributed by atoms with Crippen LogP contribution in [-0.4, -0.2) is 43.6 Å². The van der Waals surface area contributed by atoms with Gasteiger partial charge in [-0.2, -0.15) is 0 Å². The average molecular weight is 351 g/mol. The molecule has 132 valence electrons. The third-order valence-electron chi connectivity index (χ3n) is 4.23. The summed E-state index contributed by atoms with van der Waals surface area (Å²) in [5.74, 6) is 0. The highest BCUT2D eigenvalue weighted by atomic mass is 31.2. The summed E-state index contributed by atoms with van der Waals surface area (Å²) in [5.41, 5.74) is 1.68. The molecule has 1 aromatic heterocycles. The summed E-state index contributed by atoms with van der Waals surface area (Å²) in [7, 11) is -3.11. The van der Waals surface area contributed by atoms with E-state index < -0.39 is 7.87 Å². The maximum atomic E-state index is 11.2. The monoisotopic (exact) mass is 351 g/mol. The van der Waals surface area contributed by atoms with Crippen LogP contribution in [0.5, 0.6) is 0 Å². The molecule has 0 radical (unpaired) electrons. The lowest BCUT2D eigenvalue weighted by atomic mass is 10.2. The molecule has 0 saturated carbocycles. The van der Waals surface area contributed by atoms with Gasteiger partial charge in [0.15, 0.2) is 6.29 Å². The Morgan fingerprint density at radius 3 is 2.38 bits per heavy atom. The fourth-order valence-electron chi connectivity index (χ4n) is 3.46. The molecule has 2 N–H and O–H groups in total. The van der Waals surface area contributed by atoms with Crippen LogP contribution < -0.4 is 0 Å². The minimum Gasteiger partial charge on any atom is -0.347 e. The highest BCUT2D eigenvalue weighted by molar-refractivity contribution is 7.62. The minimum atomic E-state index is -3.11. The molecule has 5 nitrogen and oxygen atoms in total. The van der Waals surface area contributed by atoms with Gasteiger partial charge in [-0.1, -0.05) is 18.2 Å². The zero-order valence-electron chi connectivity index (χ0n) is 14.9. The van der Waals surface area contributed by atoms with Gasteiger partial charge in [-0.25, -0.2) is 9.79 Å².